The molecule has 0 saturated carbocycles. The molecule has 80 valence electrons. The van der Waals surface area contributed by atoms with Crippen molar-refractivity contribution in [3.8, 4) is 0 Å². The Morgan fingerprint density at radius 2 is 2.00 bits per heavy atom. The largest absolute Gasteiger partial charge is 0.369 e. The van der Waals surface area contributed by atoms with Crippen molar-refractivity contribution in [2.75, 3.05) is 0 Å². The number of rotatable bonds is 2. The highest BCUT2D eigenvalue weighted by atomic mass is 15.3. The summed E-state index contributed by atoms with van der Waals surface area (Å²) in [5.74, 6) is -0.0653. The maximum absolute atomic E-state index is 5.17. The Balaban J connectivity index is 2.45. The van der Waals surface area contributed by atoms with Crippen molar-refractivity contribution in [1.29, 1.82) is 0 Å². The molecule has 1 aromatic carbocycles. The molecule has 5 nitrogen and oxygen atoms in total. The molecule has 0 saturated heterocycles. The first kappa shape index (κ1) is 10.1. The SMILES string of the molecule is NC(N)=N/N=C/c1cncc2ccccc12. The van der Waals surface area contributed by atoms with Gasteiger partial charge in [0.05, 0.1) is 6.21 Å². The molecule has 1 aromatic heterocycles. The van der Waals surface area contributed by atoms with Crippen molar-refractivity contribution in [3.63, 3.8) is 0 Å². The minimum Gasteiger partial charge on any atom is -0.369 e. The van der Waals surface area contributed by atoms with E-state index in [1.54, 1.807) is 18.6 Å². The highest BCUT2D eigenvalue weighted by Gasteiger charge is 1.97. The molecule has 0 fully saturated rings. The van der Waals surface area contributed by atoms with Gasteiger partial charge in [0, 0.05) is 23.3 Å². The van der Waals surface area contributed by atoms with Crippen LogP contribution in [-0.4, -0.2) is 17.2 Å². The van der Waals surface area contributed by atoms with Crippen molar-refractivity contribution in [2.45, 2.75) is 0 Å². The average molecular weight is 213 g/mol. The van der Waals surface area contributed by atoms with E-state index in [0.29, 0.717) is 0 Å². The molecule has 0 atom stereocenters. The summed E-state index contributed by atoms with van der Waals surface area (Å²) in [4.78, 5) is 4.11. The van der Waals surface area contributed by atoms with Crippen molar-refractivity contribution in [3.05, 3.63) is 42.2 Å². The van der Waals surface area contributed by atoms with Crippen LogP contribution in [0.5, 0.6) is 0 Å². The second-order valence-electron chi connectivity index (χ2n) is 3.22. The van der Waals surface area contributed by atoms with E-state index in [2.05, 4.69) is 15.2 Å². The van der Waals surface area contributed by atoms with Gasteiger partial charge in [-0.1, -0.05) is 24.3 Å². The molecular formula is C11H11N5. The Morgan fingerprint density at radius 1 is 1.19 bits per heavy atom. The minimum absolute atomic E-state index is 0.0653. The van der Waals surface area contributed by atoms with Crippen LogP contribution in [0, 0.1) is 0 Å². The molecule has 0 aliphatic heterocycles. The summed E-state index contributed by atoms with van der Waals surface area (Å²) in [7, 11) is 0. The molecule has 0 aliphatic rings. The van der Waals surface area contributed by atoms with Gasteiger partial charge in [-0.3, -0.25) is 4.98 Å². The van der Waals surface area contributed by atoms with Crippen LogP contribution in [0.2, 0.25) is 0 Å². The number of hydrogen-bond donors (Lipinski definition) is 2. The fourth-order valence-electron chi connectivity index (χ4n) is 1.40. The van der Waals surface area contributed by atoms with Gasteiger partial charge in [0.25, 0.3) is 0 Å². The zero-order valence-corrected chi connectivity index (χ0v) is 8.54. The third-order valence-electron chi connectivity index (χ3n) is 2.07. The van der Waals surface area contributed by atoms with Gasteiger partial charge in [-0.05, 0) is 5.39 Å². The van der Waals surface area contributed by atoms with E-state index in [1.807, 2.05) is 24.3 Å². The van der Waals surface area contributed by atoms with Crippen molar-refractivity contribution in [1.82, 2.24) is 4.98 Å². The van der Waals surface area contributed by atoms with Crippen molar-refractivity contribution >= 4 is 22.9 Å². The molecule has 0 bridgehead atoms. The monoisotopic (exact) mass is 213 g/mol. The van der Waals surface area contributed by atoms with E-state index in [1.165, 1.54) is 0 Å². The Bertz CT molecular complexity index is 550. The molecule has 2 rings (SSSR count). The van der Waals surface area contributed by atoms with Crippen molar-refractivity contribution < 1.29 is 0 Å². The van der Waals surface area contributed by atoms with Gasteiger partial charge in [0.1, 0.15) is 0 Å². The first-order valence-electron chi connectivity index (χ1n) is 4.72. The van der Waals surface area contributed by atoms with E-state index in [-0.39, 0.29) is 5.96 Å². The van der Waals surface area contributed by atoms with E-state index < -0.39 is 0 Å². The van der Waals surface area contributed by atoms with Gasteiger partial charge < -0.3 is 11.5 Å². The number of benzene rings is 1. The summed E-state index contributed by atoms with van der Waals surface area (Å²) in [6.45, 7) is 0. The number of fused-ring (bicyclic) bond motifs is 1. The number of nitrogens with zero attached hydrogens (tertiary/aromatic N) is 3. The average Bonchev–Trinajstić information content (AvgIpc) is 2.29. The zero-order valence-electron chi connectivity index (χ0n) is 8.54. The maximum atomic E-state index is 5.17. The summed E-state index contributed by atoms with van der Waals surface area (Å²) in [6.07, 6.45) is 5.09. The minimum atomic E-state index is -0.0653. The molecule has 1 heterocycles. The molecule has 0 radical (unpaired) electrons. The quantitative estimate of drug-likeness (QED) is 0.440. The molecule has 2 aromatic rings. The topological polar surface area (TPSA) is 89.7 Å². The van der Waals surface area contributed by atoms with Crippen LogP contribution < -0.4 is 11.5 Å². The van der Waals surface area contributed by atoms with Crippen LogP contribution >= 0.6 is 0 Å². The third kappa shape index (κ3) is 2.14. The number of guanidine groups is 1. The van der Waals surface area contributed by atoms with Crippen LogP contribution in [-0.2, 0) is 0 Å². The molecule has 0 aliphatic carbocycles. The smallest absolute Gasteiger partial charge is 0.211 e. The lowest BCUT2D eigenvalue weighted by Gasteiger charge is -1.99. The Morgan fingerprint density at radius 3 is 2.81 bits per heavy atom. The van der Waals surface area contributed by atoms with Gasteiger partial charge in [-0.2, -0.15) is 5.10 Å². The second kappa shape index (κ2) is 4.39. The Kier molecular flexibility index (Phi) is 2.77. The standard InChI is InChI=1S/C11H11N5/c12-11(13)16-15-7-9-6-14-5-8-3-1-2-4-10(8)9/h1-7H,(H4,12,13,16)/b15-7+. The van der Waals surface area contributed by atoms with Crippen LogP contribution in [0.1, 0.15) is 5.56 Å². The fraction of sp³-hybridized carbons (Fsp3) is 0. The zero-order chi connectivity index (χ0) is 11.4. The predicted octanol–water partition coefficient (Wildman–Crippen LogP) is 0.842. The van der Waals surface area contributed by atoms with Gasteiger partial charge in [0.2, 0.25) is 5.96 Å². The highest BCUT2D eigenvalue weighted by Crippen LogP contribution is 2.15. The van der Waals surface area contributed by atoms with Crippen molar-refractivity contribution in [2.24, 2.45) is 21.7 Å². The third-order valence-corrected chi connectivity index (χ3v) is 2.07. The molecular weight excluding hydrogens is 202 g/mol. The van der Waals surface area contributed by atoms with E-state index >= 15 is 0 Å². The van der Waals surface area contributed by atoms with E-state index in [4.69, 9.17) is 11.5 Å². The van der Waals surface area contributed by atoms with Gasteiger partial charge in [-0.25, -0.2) is 0 Å². The van der Waals surface area contributed by atoms with E-state index in [0.717, 1.165) is 16.3 Å². The summed E-state index contributed by atoms with van der Waals surface area (Å²) in [5, 5.41) is 9.42. The Hall–Kier alpha value is -2.43. The summed E-state index contributed by atoms with van der Waals surface area (Å²) < 4.78 is 0. The summed E-state index contributed by atoms with van der Waals surface area (Å²) in [6, 6.07) is 7.90. The number of aromatic nitrogens is 1. The molecule has 0 amide bonds. The lowest BCUT2D eigenvalue weighted by atomic mass is 10.1. The van der Waals surface area contributed by atoms with Gasteiger partial charge in [-0.15, -0.1) is 5.10 Å². The lowest BCUT2D eigenvalue weighted by molar-refractivity contribution is 1.21. The molecule has 16 heavy (non-hydrogen) atoms. The van der Waals surface area contributed by atoms with Gasteiger partial charge in [0.15, 0.2) is 0 Å². The molecule has 0 unspecified atom stereocenters. The molecule has 5 heteroatoms. The number of nitrogens with two attached hydrogens (primary N) is 2. The normalized spacial score (nSPS) is 10.8. The first-order valence-corrected chi connectivity index (χ1v) is 4.72. The van der Waals surface area contributed by atoms with Crippen LogP contribution in [0.3, 0.4) is 0 Å². The highest BCUT2D eigenvalue weighted by molar-refractivity contribution is 5.99. The number of hydrogen-bond acceptors (Lipinski definition) is 3. The second-order valence-corrected chi connectivity index (χ2v) is 3.22. The van der Waals surface area contributed by atoms with Crippen LogP contribution in [0.25, 0.3) is 10.8 Å². The van der Waals surface area contributed by atoms with E-state index in [9.17, 15) is 0 Å². The summed E-state index contributed by atoms with van der Waals surface area (Å²) in [5.41, 5.74) is 11.2. The predicted molar refractivity (Wildman–Crippen MR) is 65.1 cm³/mol. The maximum Gasteiger partial charge on any atom is 0.211 e. The summed E-state index contributed by atoms with van der Waals surface area (Å²) >= 11 is 0. The number of pyridine rings is 1. The molecule has 4 N–H and O–H groups in total. The van der Waals surface area contributed by atoms with Gasteiger partial charge >= 0.3 is 0 Å². The van der Waals surface area contributed by atoms with Crippen LogP contribution in [0.15, 0.2) is 46.9 Å². The fourth-order valence-corrected chi connectivity index (χ4v) is 1.40. The van der Waals surface area contributed by atoms with Crippen LogP contribution in [0.4, 0.5) is 0 Å². The Labute approximate surface area is 92.5 Å². The lowest BCUT2D eigenvalue weighted by Crippen LogP contribution is -2.21. The molecule has 0 spiro atoms. The first-order chi connectivity index (χ1) is 7.77.